The molecule has 11 heteroatoms. The fourth-order valence-electron chi connectivity index (χ4n) is 1.33. The van der Waals surface area contributed by atoms with E-state index >= 15 is 0 Å². The zero-order chi connectivity index (χ0) is 20.3. The topological polar surface area (TPSA) is 157 Å². The van der Waals surface area contributed by atoms with E-state index in [1.165, 1.54) is 0 Å². The molecular weight excluding hydrogens is 371 g/mol. The molecule has 0 aliphatic rings. The van der Waals surface area contributed by atoms with Crippen molar-refractivity contribution in [3.05, 3.63) is 35.5 Å². The molecule has 0 radical (unpaired) electrons. The fourth-order valence-corrected chi connectivity index (χ4v) is 2.33. The standard InChI is InChI=1S/C15H21O10P/c1-4-7-10(16)13(19)23-26(22,24-14(20)11(17)8-5-2)25-15(21)12(18)9-6-3/h7-9,16-18H,4-6H2,1-3H3/b10-7-,11-8-,12-9-. The number of carbonyl (C=O) groups is 3. The Morgan fingerprint density at radius 3 is 1.12 bits per heavy atom. The molecule has 3 N–H and O–H groups in total. The second kappa shape index (κ2) is 11.0. The van der Waals surface area contributed by atoms with Crippen LogP contribution in [0.4, 0.5) is 0 Å². The Morgan fingerprint density at radius 2 is 0.923 bits per heavy atom. The third-order valence-electron chi connectivity index (χ3n) is 2.40. The molecule has 26 heavy (non-hydrogen) atoms. The highest BCUT2D eigenvalue weighted by Gasteiger charge is 2.42. The van der Waals surface area contributed by atoms with Crippen LogP contribution in [0.25, 0.3) is 0 Å². The maximum atomic E-state index is 12.4. The Kier molecular flexibility index (Phi) is 9.83. The van der Waals surface area contributed by atoms with Crippen molar-refractivity contribution in [1.29, 1.82) is 0 Å². The first kappa shape index (κ1) is 23.3. The van der Waals surface area contributed by atoms with Crippen LogP contribution >= 0.6 is 7.82 Å². The molecule has 0 aliphatic carbocycles. The molecule has 0 fully saturated rings. The summed E-state index contributed by atoms with van der Waals surface area (Å²) in [5.41, 5.74) is 0. The number of hydrogen-bond acceptors (Lipinski definition) is 10. The predicted octanol–water partition coefficient (Wildman–Crippen LogP) is 3.28. The summed E-state index contributed by atoms with van der Waals surface area (Å²) in [6, 6.07) is 0. The van der Waals surface area contributed by atoms with Crippen molar-refractivity contribution in [3.8, 4) is 0 Å². The lowest BCUT2D eigenvalue weighted by atomic mass is 10.4. The lowest BCUT2D eigenvalue weighted by Crippen LogP contribution is -2.17. The molecule has 146 valence electrons. The van der Waals surface area contributed by atoms with E-state index in [1.807, 2.05) is 0 Å². The third kappa shape index (κ3) is 7.89. The normalized spacial score (nSPS) is 13.1. The Balaban J connectivity index is 5.61. The summed E-state index contributed by atoms with van der Waals surface area (Å²) in [6.45, 7) is 4.72. The average Bonchev–Trinajstić information content (AvgIpc) is 2.54. The number of carbonyl (C=O) groups excluding carboxylic acids is 3. The van der Waals surface area contributed by atoms with Gasteiger partial charge in [0.2, 0.25) is 0 Å². The summed E-state index contributed by atoms with van der Waals surface area (Å²) >= 11 is 0. The van der Waals surface area contributed by atoms with Crippen LogP contribution in [-0.2, 0) is 32.5 Å². The van der Waals surface area contributed by atoms with Crippen LogP contribution in [0, 0.1) is 0 Å². The highest BCUT2D eigenvalue weighted by Crippen LogP contribution is 2.51. The van der Waals surface area contributed by atoms with Gasteiger partial charge >= 0.3 is 25.7 Å². The average molecular weight is 392 g/mol. The number of rotatable bonds is 9. The minimum absolute atomic E-state index is 0.213. The summed E-state index contributed by atoms with van der Waals surface area (Å²) in [6.07, 6.45) is 3.64. The van der Waals surface area contributed by atoms with E-state index < -0.39 is 43.0 Å². The molecule has 0 atom stereocenters. The van der Waals surface area contributed by atoms with Gasteiger partial charge in [-0.25, -0.2) is 14.4 Å². The van der Waals surface area contributed by atoms with Gasteiger partial charge in [-0.15, -0.1) is 0 Å². The van der Waals surface area contributed by atoms with Crippen LogP contribution in [0.5, 0.6) is 0 Å². The van der Waals surface area contributed by atoms with Crippen molar-refractivity contribution < 1.29 is 47.8 Å². The number of phosphoric acid groups is 1. The van der Waals surface area contributed by atoms with Gasteiger partial charge in [0, 0.05) is 0 Å². The van der Waals surface area contributed by atoms with Crippen molar-refractivity contribution in [1.82, 2.24) is 0 Å². The predicted molar refractivity (Wildman–Crippen MR) is 88.9 cm³/mol. The molecule has 0 saturated heterocycles. The van der Waals surface area contributed by atoms with E-state index in [0.717, 1.165) is 18.2 Å². The Labute approximate surface area is 150 Å². The largest absolute Gasteiger partial charge is 0.654 e. The van der Waals surface area contributed by atoms with Crippen LogP contribution in [0.15, 0.2) is 35.5 Å². The fraction of sp³-hybridized carbons (Fsp3) is 0.400. The monoisotopic (exact) mass is 392 g/mol. The van der Waals surface area contributed by atoms with Gasteiger partial charge in [-0.1, -0.05) is 20.8 Å². The van der Waals surface area contributed by atoms with Crippen LogP contribution in [0.2, 0.25) is 0 Å². The van der Waals surface area contributed by atoms with E-state index in [9.17, 15) is 34.3 Å². The zero-order valence-corrected chi connectivity index (χ0v) is 15.4. The molecule has 0 aromatic carbocycles. The maximum Gasteiger partial charge on any atom is 0.654 e. The van der Waals surface area contributed by atoms with Gasteiger partial charge in [-0.2, -0.15) is 4.57 Å². The Morgan fingerprint density at radius 1 is 0.692 bits per heavy atom. The van der Waals surface area contributed by atoms with Crippen LogP contribution in [0.3, 0.4) is 0 Å². The molecule has 0 aromatic rings. The summed E-state index contributed by atoms with van der Waals surface area (Å²) in [7, 11) is -5.27. The van der Waals surface area contributed by atoms with Crippen LogP contribution in [-0.4, -0.2) is 33.2 Å². The Hall–Kier alpha value is -2.74. The molecule has 0 bridgehead atoms. The smallest absolute Gasteiger partial charge is 0.502 e. The quantitative estimate of drug-likeness (QED) is 0.302. The van der Waals surface area contributed by atoms with Gasteiger partial charge < -0.3 is 28.9 Å². The van der Waals surface area contributed by atoms with Crippen molar-refractivity contribution >= 4 is 25.7 Å². The van der Waals surface area contributed by atoms with E-state index in [-0.39, 0.29) is 19.3 Å². The highest BCUT2D eigenvalue weighted by molar-refractivity contribution is 7.50. The molecule has 0 rings (SSSR count). The SMILES string of the molecule is CC/C=C(\O)C(=O)OP(=O)(OC(=O)/C(O)=C/CC)OC(=O)/C(O)=C/CC. The molecule has 0 heterocycles. The molecule has 10 nitrogen and oxygen atoms in total. The summed E-state index contributed by atoms with van der Waals surface area (Å²) in [5.74, 6) is -7.72. The van der Waals surface area contributed by atoms with Crippen molar-refractivity contribution in [2.75, 3.05) is 0 Å². The lowest BCUT2D eigenvalue weighted by molar-refractivity contribution is -0.143. The molecular formula is C15H21O10P. The van der Waals surface area contributed by atoms with E-state index in [2.05, 4.69) is 13.6 Å². The molecule has 0 aromatic heterocycles. The number of allylic oxidation sites excluding steroid dienone is 3. The van der Waals surface area contributed by atoms with Gasteiger partial charge in [-0.3, -0.25) is 0 Å². The third-order valence-corrected chi connectivity index (χ3v) is 3.57. The zero-order valence-electron chi connectivity index (χ0n) is 14.5. The highest BCUT2D eigenvalue weighted by atomic mass is 31.2. The maximum absolute atomic E-state index is 12.4. The van der Waals surface area contributed by atoms with E-state index in [1.54, 1.807) is 20.8 Å². The first-order chi connectivity index (χ1) is 12.1. The first-order valence-corrected chi connectivity index (χ1v) is 9.05. The van der Waals surface area contributed by atoms with Gasteiger partial charge in [0.15, 0.2) is 17.3 Å². The summed E-state index contributed by atoms with van der Waals surface area (Å²) in [5, 5.41) is 28.2. The van der Waals surface area contributed by atoms with Crippen molar-refractivity contribution in [3.63, 3.8) is 0 Å². The number of phosphoric ester groups is 1. The van der Waals surface area contributed by atoms with E-state index in [0.29, 0.717) is 0 Å². The minimum atomic E-state index is -5.27. The second-order valence-electron chi connectivity index (χ2n) is 4.58. The van der Waals surface area contributed by atoms with Crippen LogP contribution < -0.4 is 0 Å². The molecule has 0 spiro atoms. The summed E-state index contributed by atoms with van der Waals surface area (Å²) < 4.78 is 25.3. The van der Waals surface area contributed by atoms with E-state index in [4.69, 9.17) is 0 Å². The number of hydrogen-bond donors (Lipinski definition) is 3. The van der Waals surface area contributed by atoms with Gasteiger partial charge in [0.1, 0.15) is 0 Å². The Bertz CT molecular complexity index is 584. The lowest BCUT2D eigenvalue weighted by Gasteiger charge is -2.15. The molecule has 0 amide bonds. The van der Waals surface area contributed by atoms with Gasteiger partial charge in [-0.05, 0) is 37.5 Å². The van der Waals surface area contributed by atoms with Crippen molar-refractivity contribution in [2.45, 2.75) is 40.0 Å². The summed E-state index contributed by atoms with van der Waals surface area (Å²) in [4.78, 5) is 35.0. The first-order valence-electron chi connectivity index (χ1n) is 7.59. The molecule has 0 saturated carbocycles. The van der Waals surface area contributed by atoms with Gasteiger partial charge in [0.05, 0.1) is 0 Å². The number of aliphatic hydroxyl groups excluding tert-OH is 3. The number of aliphatic hydroxyl groups is 3. The van der Waals surface area contributed by atoms with Crippen LogP contribution in [0.1, 0.15) is 40.0 Å². The van der Waals surface area contributed by atoms with Gasteiger partial charge in [0.25, 0.3) is 0 Å². The van der Waals surface area contributed by atoms with Crippen molar-refractivity contribution in [2.24, 2.45) is 0 Å². The minimum Gasteiger partial charge on any atom is -0.502 e. The molecule has 0 unspecified atom stereocenters. The second-order valence-corrected chi connectivity index (χ2v) is 6.02. The molecule has 0 aliphatic heterocycles.